The van der Waals surface area contributed by atoms with E-state index in [9.17, 15) is 18.0 Å². The monoisotopic (exact) mass is 566 g/mol. The topological polar surface area (TPSA) is 131 Å². The molecule has 0 atom stereocenters. The van der Waals surface area contributed by atoms with Crippen LogP contribution in [0.4, 0.5) is 5.69 Å². The SMILES string of the molecule is CCNC(=O)c1ccc(Oc2ccc(CC(=O)O)cc2OCC)c(NS(=O)(=O)c2ccc(Cl)cc2Cl)c1. The summed E-state index contributed by atoms with van der Waals surface area (Å²) in [6.45, 7) is 4.16. The minimum Gasteiger partial charge on any atom is -0.490 e. The van der Waals surface area contributed by atoms with Gasteiger partial charge < -0.3 is 19.9 Å². The van der Waals surface area contributed by atoms with Crippen LogP contribution in [0.2, 0.25) is 10.0 Å². The fourth-order valence-corrected chi connectivity index (χ4v) is 5.14. The molecule has 0 aliphatic heterocycles. The largest absolute Gasteiger partial charge is 0.490 e. The molecular weight excluding hydrogens is 543 g/mol. The Morgan fingerprint density at radius 2 is 1.68 bits per heavy atom. The first kappa shape index (κ1) is 28.1. The Bertz CT molecular complexity index is 1430. The molecule has 196 valence electrons. The van der Waals surface area contributed by atoms with Gasteiger partial charge in [-0.3, -0.25) is 14.3 Å². The van der Waals surface area contributed by atoms with E-state index in [-0.39, 0.29) is 56.5 Å². The number of sulfonamides is 1. The summed E-state index contributed by atoms with van der Waals surface area (Å²) in [5.41, 5.74) is 0.649. The molecule has 0 aromatic heterocycles. The molecule has 0 fully saturated rings. The molecule has 0 heterocycles. The number of nitrogens with one attached hydrogen (secondary N) is 2. The van der Waals surface area contributed by atoms with Crippen LogP contribution in [0.1, 0.15) is 29.8 Å². The van der Waals surface area contributed by atoms with E-state index in [1.807, 2.05) is 0 Å². The van der Waals surface area contributed by atoms with Gasteiger partial charge in [0.25, 0.3) is 15.9 Å². The molecule has 0 unspecified atom stereocenters. The number of halogens is 2. The average molecular weight is 567 g/mol. The van der Waals surface area contributed by atoms with Gasteiger partial charge in [0.2, 0.25) is 0 Å². The first-order valence-electron chi connectivity index (χ1n) is 11.1. The molecule has 0 bridgehead atoms. The normalized spacial score (nSPS) is 11.0. The maximum absolute atomic E-state index is 13.2. The Hall–Kier alpha value is -3.47. The lowest BCUT2D eigenvalue weighted by molar-refractivity contribution is -0.136. The molecule has 3 aromatic carbocycles. The molecule has 0 aliphatic rings. The van der Waals surface area contributed by atoms with Gasteiger partial charge in [0.05, 0.1) is 23.7 Å². The first-order chi connectivity index (χ1) is 17.5. The van der Waals surface area contributed by atoms with Crippen LogP contribution in [-0.4, -0.2) is 38.6 Å². The van der Waals surface area contributed by atoms with Gasteiger partial charge in [-0.25, -0.2) is 8.42 Å². The zero-order valence-electron chi connectivity index (χ0n) is 19.9. The van der Waals surface area contributed by atoms with Gasteiger partial charge in [-0.15, -0.1) is 0 Å². The summed E-state index contributed by atoms with van der Waals surface area (Å²) < 4.78 is 40.4. The van der Waals surface area contributed by atoms with E-state index in [0.29, 0.717) is 12.1 Å². The Morgan fingerprint density at radius 1 is 0.946 bits per heavy atom. The maximum atomic E-state index is 13.2. The number of carbonyl (C=O) groups excluding carboxylic acids is 1. The number of ether oxygens (including phenoxy) is 2. The van der Waals surface area contributed by atoms with E-state index in [1.54, 1.807) is 19.9 Å². The number of carboxylic acid groups (broad SMARTS) is 1. The average Bonchev–Trinajstić information content (AvgIpc) is 2.81. The molecule has 37 heavy (non-hydrogen) atoms. The predicted octanol–water partition coefficient (Wildman–Crippen LogP) is 5.36. The fourth-order valence-electron chi connectivity index (χ4n) is 3.30. The summed E-state index contributed by atoms with van der Waals surface area (Å²) in [5.74, 6) is -0.870. The molecule has 3 rings (SSSR count). The maximum Gasteiger partial charge on any atom is 0.307 e. The van der Waals surface area contributed by atoms with E-state index in [1.165, 1.54) is 48.5 Å². The minimum absolute atomic E-state index is 0.0353. The summed E-state index contributed by atoms with van der Waals surface area (Å²) in [4.78, 5) is 23.3. The second kappa shape index (κ2) is 12.2. The minimum atomic E-state index is -4.22. The predicted molar refractivity (Wildman–Crippen MR) is 141 cm³/mol. The van der Waals surface area contributed by atoms with E-state index in [2.05, 4.69) is 10.0 Å². The molecule has 12 heteroatoms. The molecule has 9 nitrogen and oxygen atoms in total. The highest BCUT2D eigenvalue weighted by molar-refractivity contribution is 7.92. The summed E-state index contributed by atoms with van der Waals surface area (Å²) >= 11 is 12.0. The number of benzene rings is 3. The summed E-state index contributed by atoms with van der Waals surface area (Å²) in [6.07, 6.45) is -0.214. The van der Waals surface area contributed by atoms with Gasteiger partial charge in [-0.1, -0.05) is 29.3 Å². The Morgan fingerprint density at radius 3 is 2.32 bits per heavy atom. The highest BCUT2D eigenvalue weighted by atomic mass is 35.5. The molecule has 0 saturated heterocycles. The second-order valence-corrected chi connectivity index (χ2v) is 10.1. The van der Waals surface area contributed by atoms with Crippen LogP contribution in [0, 0.1) is 0 Å². The number of aliphatic carboxylic acids is 1. The van der Waals surface area contributed by atoms with Crippen molar-refractivity contribution in [2.45, 2.75) is 25.2 Å². The van der Waals surface area contributed by atoms with Crippen molar-refractivity contribution < 1.29 is 32.6 Å². The van der Waals surface area contributed by atoms with E-state index < -0.39 is 21.9 Å². The number of carboxylic acids is 1. The summed E-state index contributed by atoms with van der Waals surface area (Å²) in [6, 6.07) is 12.8. The molecular formula is C25H24Cl2N2O7S. The van der Waals surface area contributed by atoms with Crippen molar-refractivity contribution in [3.05, 3.63) is 75.8 Å². The van der Waals surface area contributed by atoms with Crippen LogP contribution < -0.4 is 19.5 Å². The number of rotatable bonds is 11. The van der Waals surface area contributed by atoms with Crippen LogP contribution in [0.15, 0.2) is 59.5 Å². The Kier molecular flexibility index (Phi) is 9.25. The quantitative estimate of drug-likeness (QED) is 0.284. The summed E-state index contributed by atoms with van der Waals surface area (Å²) in [7, 11) is -4.22. The number of anilines is 1. The smallest absolute Gasteiger partial charge is 0.307 e. The second-order valence-electron chi connectivity index (χ2n) is 7.64. The van der Waals surface area contributed by atoms with Crippen molar-refractivity contribution in [2.75, 3.05) is 17.9 Å². The zero-order chi connectivity index (χ0) is 27.2. The lowest BCUT2D eigenvalue weighted by Crippen LogP contribution is -2.23. The molecule has 3 N–H and O–H groups in total. The molecule has 0 radical (unpaired) electrons. The van der Waals surface area contributed by atoms with Gasteiger partial charge >= 0.3 is 5.97 Å². The molecule has 0 aliphatic carbocycles. The standard InChI is InChI=1S/C25H24Cl2N2O7S/c1-3-28-25(32)16-6-9-20(36-21-8-5-15(12-24(30)31)11-22(21)35-4-2)19(13-16)29-37(33,34)23-10-7-17(26)14-18(23)27/h5-11,13-14,29H,3-4,12H2,1-2H3,(H,28,32)(H,30,31). The van der Waals surface area contributed by atoms with Crippen molar-refractivity contribution in [2.24, 2.45) is 0 Å². The third kappa shape index (κ3) is 7.28. The first-order valence-corrected chi connectivity index (χ1v) is 13.3. The van der Waals surface area contributed by atoms with Crippen LogP contribution >= 0.6 is 23.2 Å². The highest BCUT2D eigenvalue weighted by Gasteiger charge is 2.22. The van der Waals surface area contributed by atoms with Crippen molar-refractivity contribution in [3.63, 3.8) is 0 Å². The van der Waals surface area contributed by atoms with Crippen LogP contribution in [0.25, 0.3) is 0 Å². The van der Waals surface area contributed by atoms with Gasteiger partial charge in [-0.05, 0) is 67.9 Å². The van der Waals surface area contributed by atoms with Crippen LogP contribution in [0.3, 0.4) is 0 Å². The molecule has 1 amide bonds. The Labute approximate surface area is 224 Å². The fraction of sp³-hybridized carbons (Fsp3) is 0.200. The van der Waals surface area contributed by atoms with Gasteiger partial charge in [-0.2, -0.15) is 0 Å². The van der Waals surface area contributed by atoms with E-state index in [4.69, 9.17) is 37.8 Å². The van der Waals surface area contributed by atoms with E-state index >= 15 is 0 Å². The zero-order valence-corrected chi connectivity index (χ0v) is 22.2. The molecule has 0 spiro atoms. The van der Waals surface area contributed by atoms with Gasteiger partial charge in [0.15, 0.2) is 17.2 Å². The Balaban J connectivity index is 2.06. The third-order valence-electron chi connectivity index (χ3n) is 4.89. The van der Waals surface area contributed by atoms with Crippen molar-refractivity contribution in [1.29, 1.82) is 0 Å². The van der Waals surface area contributed by atoms with E-state index in [0.717, 1.165) is 0 Å². The number of hydrogen-bond acceptors (Lipinski definition) is 6. The van der Waals surface area contributed by atoms with Gasteiger partial charge in [0.1, 0.15) is 4.90 Å². The third-order valence-corrected chi connectivity index (χ3v) is 6.97. The summed E-state index contributed by atoms with van der Waals surface area (Å²) in [5, 5.41) is 11.9. The molecule has 3 aromatic rings. The van der Waals surface area contributed by atoms with Gasteiger partial charge in [0, 0.05) is 17.1 Å². The molecule has 0 saturated carbocycles. The van der Waals surface area contributed by atoms with Crippen molar-refractivity contribution in [3.8, 4) is 17.2 Å². The van der Waals surface area contributed by atoms with Crippen LogP contribution in [0.5, 0.6) is 17.2 Å². The lowest BCUT2D eigenvalue weighted by atomic mass is 10.1. The number of amides is 1. The highest BCUT2D eigenvalue weighted by Crippen LogP contribution is 2.38. The lowest BCUT2D eigenvalue weighted by Gasteiger charge is -2.17. The van der Waals surface area contributed by atoms with Crippen LogP contribution in [-0.2, 0) is 21.2 Å². The van der Waals surface area contributed by atoms with Crippen molar-refractivity contribution in [1.82, 2.24) is 5.32 Å². The van der Waals surface area contributed by atoms with Crippen molar-refractivity contribution >= 4 is 50.8 Å². The number of carbonyl (C=O) groups is 2. The number of hydrogen-bond donors (Lipinski definition) is 3.